The summed E-state index contributed by atoms with van der Waals surface area (Å²) in [6, 6.07) is 2.49. The van der Waals surface area contributed by atoms with Crippen LogP contribution in [0.1, 0.15) is 23.4 Å². The number of hydrogen-bond acceptors (Lipinski definition) is 6. The third-order valence-corrected chi connectivity index (χ3v) is 5.09. The molecule has 1 unspecified atom stereocenters. The van der Waals surface area contributed by atoms with E-state index in [1.807, 2.05) is 11.6 Å². The van der Waals surface area contributed by atoms with Crippen LogP contribution in [0.5, 0.6) is 0 Å². The highest BCUT2D eigenvalue weighted by molar-refractivity contribution is 7.09. The van der Waals surface area contributed by atoms with Crippen LogP contribution < -0.4 is 4.90 Å². The molecule has 3 rings (SSSR count). The molecule has 1 atom stereocenters. The van der Waals surface area contributed by atoms with Crippen LogP contribution >= 0.6 is 11.3 Å². The summed E-state index contributed by atoms with van der Waals surface area (Å²) < 4.78 is 0. The Morgan fingerprint density at radius 1 is 1.43 bits per heavy atom. The molecule has 112 valence electrons. The van der Waals surface area contributed by atoms with Crippen LogP contribution in [0.25, 0.3) is 0 Å². The number of likely N-dealkylation sites (N-methyl/N-ethyl adjacent to an activating group) is 1. The first-order chi connectivity index (χ1) is 10.2. The maximum absolute atomic E-state index is 4.36. The van der Waals surface area contributed by atoms with Crippen LogP contribution in [0, 0.1) is 6.92 Å². The van der Waals surface area contributed by atoms with Gasteiger partial charge in [0.1, 0.15) is 12.1 Å². The van der Waals surface area contributed by atoms with Crippen molar-refractivity contribution in [3.63, 3.8) is 0 Å². The Balaban J connectivity index is 1.64. The van der Waals surface area contributed by atoms with Crippen LogP contribution in [-0.2, 0) is 6.54 Å². The largest absolute Gasteiger partial charge is 0.355 e. The van der Waals surface area contributed by atoms with E-state index in [-0.39, 0.29) is 0 Å². The fourth-order valence-corrected chi connectivity index (χ4v) is 3.67. The van der Waals surface area contributed by atoms with Crippen LogP contribution in [0.4, 0.5) is 5.82 Å². The zero-order chi connectivity index (χ0) is 14.7. The molecule has 1 aliphatic rings. The van der Waals surface area contributed by atoms with Crippen molar-refractivity contribution in [1.82, 2.24) is 19.9 Å². The fraction of sp³-hybridized carbons (Fsp3) is 0.533. The summed E-state index contributed by atoms with van der Waals surface area (Å²) in [4.78, 5) is 18.9. The molecule has 0 N–H and O–H groups in total. The minimum atomic E-state index is 0.516. The van der Waals surface area contributed by atoms with Crippen molar-refractivity contribution < 1.29 is 0 Å². The van der Waals surface area contributed by atoms with Crippen LogP contribution in [-0.4, -0.2) is 46.0 Å². The molecule has 5 nitrogen and oxygen atoms in total. The van der Waals surface area contributed by atoms with E-state index in [1.54, 1.807) is 23.9 Å². The zero-order valence-corrected chi connectivity index (χ0v) is 13.4. The van der Waals surface area contributed by atoms with Gasteiger partial charge in [0.05, 0.1) is 11.2 Å². The molecule has 3 heterocycles. The van der Waals surface area contributed by atoms with Gasteiger partial charge in [-0.3, -0.25) is 4.90 Å². The van der Waals surface area contributed by atoms with Gasteiger partial charge in [-0.1, -0.05) is 0 Å². The van der Waals surface area contributed by atoms with E-state index >= 15 is 0 Å². The van der Waals surface area contributed by atoms with Crippen molar-refractivity contribution in [2.24, 2.45) is 0 Å². The monoisotopic (exact) mass is 303 g/mol. The summed E-state index contributed by atoms with van der Waals surface area (Å²) in [5.74, 6) is 1.01. The van der Waals surface area contributed by atoms with Crippen molar-refractivity contribution >= 4 is 17.2 Å². The van der Waals surface area contributed by atoms with Gasteiger partial charge in [0.25, 0.3) is 0 Å². The molecule has 1 aliphatic heterocycles. The van der Waals surface area contributed by atoms with Gasteiger partial charge < -0.3 is 4.90 Å². The van der Waals surface area contributed by atoms with Gasteiger partial charge >= 0.3 is 0 Å². The van der Waals surface area contributed by atoms with Crippen molar-refractivity contribution in [3.8, 4) is 0 Å². The lowest BCUT2D eigenvalue weighted by Gasteiger charge is -2.38. The van der Waals surface area contributed by atoms with Gasteiger partial charge in [-0.2, -0.15) is 0 Å². The van der Waals surface area contributed by atoms with Crippen LogP contribution in [0.2, 0.25) is 0 Å². The Kier molecular flexibility index (Phi) is 4.45. The van der Waals surface area contributed by atoms with E-state index in [9.17, 15) is 0 Å². The van der Waals surface area contributed by atoms with Crippen molar-refractivity contribution in [2.75, 3.05) is 25.0 Å². The number of aryl methyl sites for hydroxylation is 1. The first-order valence-electron chi connectivity index (χ1n) is 7.34. The maximum atomic E-state index is 4.36. The minimum absolute atomic E-state index is 0.516. The standard InChI is InChI=1S/C15H21N5S/c1-12-14(21-11-18-12)9-20-7-3-4-13(8-20)19(2)15-5-6-16-10-17-15/h5-6,10-11,13H,3-4,7-9H2,1-2H3. The van der Waals surface area contributed by atoms with E-state index < -0.39 is 0 Å². The lowest BCUT2D eigenvalue weighted by atomic mass is 10.0. The molecular weight excluding hydrogens is 282 g/mol. The lowest BCUT2D eigenvalue weighted by Crippen LogP contribution is -2.46. The van der Waals surface area contributed by atoms with Crippen LogP contribution in [0.3, 0.4) is 0 Å². The maximum Gasteiger partial charge on any atom is 0.131 e. The second-order valence-corrected chi connectivity index (χ2v) is 6.51. The third kappa shape index (κ3) is 3.39. The van der Waals surface area contributed by atoms with Gasteiger partial charge in [-0.25, -0.2) is 15.0 Å². The predicted molar refractivity (Wildman–Crippen MR) is 85.6 cm³/mol. The Bertz CT molecular complexity index is 570. The summed E-state index contributed by atoms with van der Waals surface area (Å²) in [6.45, 7) is 5.37. The molecule has 0 bridgehead atoms. The number of anilines is 1. The number of rotatable bonds is 4. The first kappa shape index (κ1) is 14.4. The van der Waals surface area contributed by atoms with Gasteiger partial charge in [-0.15, -0.1) is 11.3 Å². The molecule has 2 aromatic rings. The lowest BCUT2D eigenvalue weighted by molar-refractivity contribution is 0.199. The summed E-state index contributed by atoms with van der Waals surface area (Å²) >= 11 is 1.76. The highest BCUT2D eigenvalue weighted by atomic mass is 32.1. The van der Waals surface area contributed by atoms with E-state index in [0.29, 0.717) is 6.04 Å². The number of thiazole rings is 1. The fourth-order valence-electron chi connectivity index (χ4n) is 2.85. The number of piperidine rings is 1. The summed E-state index contributed by atoms with van der Waals surface area (Å²) in [7, 11) is 2.13. The normalized spacial score (nSPS) is 19.6. The Labute approximate surface area is 129 Å². The minimum Gasteiger partial charge on any atom is -0.355 e. The van der Waals surface area contributed by atoms with Crippen molar-refractivity contribution in [1.29, 1.82) is 0 Å². The zero-order valence-electron chi connectivity index (χ0n) is 12.6. The number of aromatic nitrogens is 3. The van der Waals surface area contributed by atoms with Gasteiger partial charge in [0.15, 0.2) is 0 Å². The molecule has 0 aliphatic carbocycles. The number of likely N-dealkylation sites (tertiary alicyclic amines) is 1. The van der Waals surface area contributed by atoms with Gasteiger partial charge in [0.2, 0.25) is 0 Å². The molecule has 1 fully saturated rings. The summed E-state index contributed by atoms with van der Waals surface area (Å²) in [5, 5.41) is 0. The molecular formula is C15H21N5S. The molecule has 0 saturated carbocycles. The highest BCUT2D eigenvalue weighted by Crippen LogP contribution is 2.22. The Morgan fingerprint density at radius 2 is 2.33 bits per heavy atom. The second-order valence-electron chi connectivity index (χ2n) is 5.57. The average Bonchev–Trinajstić information content (AvgIpc) is 2.93. The first-order valence-corrected chi connectivity index (χ1v) is 8.22. The Morgan fingerprint density at radius 3 is 3.05 bits per heavy atom. The average molecular weight is 303 g/mol. The molecule has 6 heteroatoms. The van der Waals surface area contributed by atoms with Gasteiger partial charge in [0, 0.05) is 37.3 Å². The molecule has 1 saturated heterocycles. The van der Waals surface area contributed by atoms with E-state index in [4.69, 9.17) is 0 Å². The summed E-state index contributed by atoms with van der Waals surface area (Å²) in [5.41, 5.74) is 3.12. The quantitative estimate of drug-likeness (QED) is 0.867. The number of nitrogens with zero attached hydrogens (tertiary/aromatic N) is 5. The molecule has 0 spiro atoms. The molecule has 21 heavy (non-hydrogen) atoms. The van der Waals surface area contributed by atoms with Crippen LogP contribution in [0.15, 0.2) is 24.1 Å². The molecule has 0 radical (unpaired) electrons. The predicted octanol–water partition coefficient (Wildman–Crippen LogP) is 2.34. The molecule has 2 aromatic heterocycles. The SMILES string of the molecule is Cc1ncsc1CN1CCCC(N(C)c2ccncn2)C1. The second kappa shape index (κ2) is 6.49. The topological polar surface area (TPSA) is 45.2 Å². The Hall–Kier alpha value is -1.53. The highest BCUT2D eigenvalue weighted by Gasteiger charge is 2.24. The van der Waals surface area contributed by atoms with Crippen molar-refractivity contribution in [3.05, 3.63) is 34.7 Å². The molecule has 0 aromatic carbocycles. The van der Waals surface area contributed by atoms with Gasteiger partial charge in [-0.05, 0) is 32.4 Å². The smallest absolute Gasteiger partial charge is 0.131 e. The molecule has 0 amide bonds. The van der Waals surface area contributed by atoms with E-state index in [0.717, 1.165) is 18.9 Å². The van der Waals surface area contributed by atoms with E-state index in [1.165, 1.54) is 30.0 Å². The summed E-state index contributed by atoms with van der Waals surface area (Å²) in [6.07, 6.45) is 5.88. The van der Waals surface area contributed by atoms with E-state index in [2.05, 4.69) is 38.7 Å². The number of hydrogen-bond donors (Lipinski definition) is 0. The van der Waals surface area contributed by atoms with Crippen molar-refractivity contribution in [2.45, 2.75) is 32.4 Å². The third-order valence-electron chi connectivity index (χ3n) is 4.17.